The molecule has 0 N–H and O–H groups in total. The Morgan fingerprint density at radius 1 is 0.929 bits per heavy atom. The first-order valence-corrected chi connectivity index (χ1v) is 16.1. The normalized spacial score (nSPS) is 13.8. The highest BCUT2D eigenvalue weighted by Crippen LogP contribution is 2.32. The number of amides is 1. The topological polar surface area (TPSA) is 73.1 Å². The summed E-state index contributed by atoms with van der Waals surface area (Å²) in [5.74, 6) is 2.83. The third-order valence-electron chi connectivity index (χ3n) is 7.60. The average molecular weight is 596 g/mol. The number of nitrogens with zero attached hydrogens (tertiary/aromatic N) is 5. The number of rotatable bonds is 10. The summed E-state index contributed by atoms with van der Waals surface area (Å²) in [7, 11) is 1.67. The number of benzene rings is 3. The minimum absolute atomic E-state index is 0.0306. The van der Waals surface area contributed by atoms with Gasteiger partial charge in [0.15, 0.2) is 5.16 Å². The number of hydrogen-bond donors (Lipinski definition) is 0. The molecule has 0 spiro atoms. The fourth-order valence-corrected chi connectivity index (χ4v) is 7.14. The van der Waals surface area contributed by atoms with Crippen molar-refractivity contribution in [3.8, 4) is 11.4 Å². The summed E-state index contributed by atoms with van der Waals surface area (Å²) in [4.78, 5) is 19.9. The van der Waals surface area contributed by atoms with Crippen LogP contribution in [0, 0.1) is 5.92 Å². The third-order valence-corrected chi connectivity index (χ3v) is 9.57. The van der Waals surface area contributed by atoms with Gasteiger partial charge < -0.3 is 9.64 Å². The van der Waals surface area contributed by atoms with E-state index in [4.69, 9.17) is 9.72 Å². The monoisotopic (exact) mass is 595 g/mol. The Balaban J connectivity index is 1.12. The molecule has 6 rings (SSSR count). The van der Waals surface area contributed by atoms with Crippen LogP contribution in [0.5, 0.6) is 5.75 Å². The van der Waals surface area contributed by atoms with Crippen molar-refractivity contribution in [1.82, 2.24) is 24.6 Å². The number of piperidine rings is 1. The molecule has 42 heavy (non-hydrogen) atoms. The van der Waals surface area contributed by atoms with Crippen molar-refractivity contribution in [2.45, 2.75) is 36.6 Å². The van der Waals surface area contributed by atoms with E-state index in [9.17, 15) is 4.79 Å². The van der Waals surface area contributed by atoms with Crippen LogP contribution in [0.15, 0.2) is 95.5 Å². The summed E-state index contributed by atoms with van der Waals surface area (Å²) in [6, 6.07) is 28.8. The van der Waals surface area contributed by atoms with Crippen molar-refractivity contribution in [3.05, 3.63) is 118 Å². The van der Waals surface area contributed by atoms with Crippen molar-refractivity contribution in [2.24, 2.45) is 5.92 Å². The zero-order chi connectivity index (χ0) is 28.7. The van der Waals surface area contributed by atoms with Crippen LogP contribution in [0.2, 0.25) is 0 Å². The van der Waals surface area contributed by atoms with Crippen LogP contribution < -0.4 is 4.74 Å². The van der Waals surface area contributed by atoms with Gasteiger partial charge in [-0.1, -0.05) is 84.6 Å². The molecule has 0 atom stereocenters. The van der Waals surface area contributed by atoms with E-state index in [0.29, 0.717) is 23.8 Å². The number of carbonyl (C=O) groups is 1. The molecule has 214 valence electrons. The van der Waals surface area contributed by atoms with E-state index in [-0.39, 0.29) is 5.91 Å². The molecule has 1 aliphatic rings. The number of likely N-dealkylation sites (tertiary alicyclic amines) is 1. The molecule has 2 aromatic heterocycles. The molecule has 0 radical (unpaired) electrons. The van der Waals surface area contributed by atoms with Gasteiger partial charge in [0, 0.05) is 24.9 Å². The molecule has 1 aliphatic heterocycles. The van der Waals surface area contributed by atoms with E-state index in [2.05, 4.69) is 57.2 Å². The summed E-state index contributed by atoms with van der Waals surface area (Å²) in [5, 5.41) is 12.7. The lowest BCUT2D eigenvalue weighted by molar-refractivity contribution is 0.0685. The SMILES string of the molecule is COc1ccccc1-n1c(Cc2ccccc2)nnc1SCc1nc(C(=O)N2CCC(Cc3ccccc3)CC2)cs1. The second kappa shape index (κ2) is 13.4. The molecule has 0 aliphatic carbocycles. The van der Waals surface area contributed by atoms with Gasteiger partial charge in [-0.2, -0.15) is 0 Å². The van der Waals surface area contributed by atoms with E-state index in [1.807, 2.05) is 52.7 Å². The minimum Gasteiger partial charge on any atom is -0.495 e. The maximum atomic E-state index is 13.3. The van der Waals surface area contributed by atoms with Crippen LogP contribution in [-0.2, 0) is 18.6 Å². The second-order valence-electron chi connectivity index (χ2n) is 10.4. The number of methoxy groups -OCH3 is 1. The zero-order valence-corrected chi connectivity index (χ0v) is 25.2. The average Bonchev–Trinajstić information content (AvgIpc) is 3.68. The molecular formula is C33H33N5O2S2. The van der Waals surface area contributed by atoms with Gasteiger partial charge in [0.05, 0.1) is 18.6 Å². The largest absolute Gasteiger partial charge is 0.495 e. The van der Waals surface area contributed by atoms with Crippen molar-refractivity contribution < 1.29 is 9.53 Å². The molecule has 9 heteroatoms. The Morgan fingerprint density at radius 3 is 2.36 bits per heavy atom. The minimum atomic E-state index is 0.0306. The van der Waals surface area contributed by atoms with Crippen molar-refractivity contribution >= 4 is 29.0 Å². The van der Waals surface area contributed by atoms with Crippen molar-refractivity contribution in [3.63, 3.8) is 0 Å². The number of ether oxygens (including phenoxy) is 1. The number of carbonyl (C=O) groups excluding carboxylic acids is 1. The molecule has 0 unspecified atom stereocenters. The smallest absolute Gasteiger partial charge is 0.273 e. The first kappa shape index (κ1) is 28.2. The van der Waals surface area contributed by atoms with Crippen LogP contribution in [-0.4, -0.2) is 50.8 Å². The molecule has 1 fully saturated rings. The van der Waals surface area contributed by atoms with Crippen LogP contribution in [0.25, 0.3) is 5.69 Å². The number of aromatic nitrogens is 4. The summed E-state index contributed by atoms with van der Waals surface area (Å²) >= 11 is 3.08. The molecule has 7 nitrogen and oxygen atoms in total. The maximum absolute atomic E-state index is 13.3. The molecule has 1 saturated heterocycles. The quantitative estimate of drug-likeness (QED) is 0.167. The summed E-state index contributed by atoms with van der Waals surface area (Å²) in [6.07, 6.45) is 3.77. The Morgan fingerprint density at radius 2 is 1.62 bits per heavy atom. The van der Waals surface area contributed by atoms with E-state index >= 15 is 0 Å². The molecule has 0 saturated carbocycles. The Labute approximate surface area is 254 Å². The van der Waals surface area contributed by atoms with Crippen molar-refractivity contribution in [2.75, 3.05) is 20.2 Å². The fourth-order valence-electron chi connectivity index (χ4n) is 5.39. The summed E-state index contributed by atoms with van der Waals surface area (Å²) < 4.78 is 7.74. The number of thiazole rings is 1. The maximum Gasteiger partial charge on any atom is 0.273 e. The van der Waals surface area contributed by atoms with Crippen LogP contribution in [0.4, 0.5) is 0 Å². The van der Waals surface area contributed by atoms with E-state index in [1.165, 1.54) is 16.9 Å². The summed E-state index contributed by atoms with van der Waals surface area (Å²) in [5.41, 5.74) is 3.96. The molecule has 3 aromatic carbocycles. The van der Waals surface area contributed by atoms with Gasteiger partial charge in [-0.3, -0.25) is 9.36 Å². The third kappa shape index (κ3) is 6.58. The first-order valence-electron chi connectivity index (χ1n) is 14.2. The highest BCUT2D eigenvalue weighted by molar-refractivity contribution is 7.98. The molecular weight excluding hydrogens is 563 g/mol. The Bertz CT molecular complexity index is 1610. The molecule has 1 amide bonds. The standard InChI is InChI=1S/C33H33N5O2S2/c1-40-29-15-9-8-14-28(29)38-30(21-25-12-6-3-7-13-25)35-36-33(38)42-23-31-34-27(22-41-31)32(39)37-18-16-26(17-19-37)20-24-10-4-2-5-11-24/h2-15,22,26H,16-21,23H2,1H3. The lowest BCUT2D eigenvalue weighted by Gasteiger charge is -2.31. The summed E-state index contributed by atoms with van der Waals surface area (Å²) in [6.45, 7) is 1.56. The lowest BCUT2D eigenvalue weighted by Crippen LogP contribution is -2.39. The molecule has 5 aromatic rings. The van der Waals surface area contributed by atoms with Crippen molar-refractivity contribution in [1.29, 1.82) is 0 Å². The molecule has 3 heterocycles. The van der Waals surface area contributed by atoms with Gasteiger partial charge in [0.25, 0.3) is 5.91 Å². The van der Waals surface area contributed by atoms with Gasteiger partial charge in [-0.15, -0.1) is 21.5 Å². The van der Waals surface area contributed by atoms with Crippen LogP contribution in [0.3, 0.4) is 0 Å². The van der Waals surface area contributed by atoms with Gasteiger partial charge in [-0.05, 0) is 48.4 Å². The van der Waals surface area contributed by atoms with Gasteiger partial charge >= 0.3 is 0 Å². The number of hydrogen-bond acceptors (Lipinski definition) is 7. The Hall–Kier alpha value is -3.95. The fraction of sp³-hybridized carbons (Fsp3) is 0.273. The van der Waals surface area contributed by atoms with E-state index in [0.717, 1.165) is 65.3 Å². The van der Waals surface area contributed by atoms with Gasteiger partial charge in [0.1, 0.15) is 22.3 Å². The predicted molar refractivity (Wildman–Crippen MR) is 168 cm³/mol. The zero-order valence-electron chi connectivity index (χ0n) is 23.6. The highest BCUT2D eigenvalue weighted by Gasteiger charge is 2.25. The van der Waals surface area contributed by atoms with Crippen LogP contribution in [0.1, 0.15) is 45.3 Å². The van der Waals surface area contributed by atoms with Gasteiger partial charge in [-0.25, -0.2) is 4.98 Å². The lowest BCUT2D eigenvalue weighted by atomic mass is 9.90. The van der Waals surface area contributed by atoms with E-state index in [1.54, 1.807) is 18.9 Å². The first-order chi connectivity index (χ1) is 20.7. The second-order valence-corrected chi connectivity index (χ2v) is 12.3. The van der Waals surface area contributed by atoms with Crippen LogP contribution >= 0.6 is 23.1 Å². The van der Waals surface area contributed by atoms with Gasteiger partial charge in [0.2, 0.25) is 0 Å². The van der Waals surface area contributed by atoms with E-state index < -0.39 is 0 Å². The predicted octanol–water partition coefficient (Wildman–Crippen LogP) is 6.71. The number of para-hydroxylation sites is 2. The highest BCUT2D eigenvalue weighted by atomic mass is 32.2. The Kier molecular flexibility index (Phi) is 8.96. The molecule has 0 bridgehead atoms. The number of thioether (sulfide) groups is 1.